The van der Waals surface area contributed by atoms with Gasteiger partial charge in [0.15, 0.2) is 0 Å². The highest BCUT2D eigenvalue weighted by molar-refractivity contribution is 6.31. The van der Waals surface area contributed by atoms with Crippen molar-refractivity contribution in [2.75, 3.05) is 0 Å². The Hall–Kier alpha value is -1.12. The number of aromatic nitrogens is 1. The summed E-state index contributed by atoms with van der Waals surface area (Å²) in [6, 6.07) is 5.78. The average molecular weight is 235 g/mol. The third-order valence-electron chi connectivity index (χ3n) is 2.75. The third-order valence-corrected chi connectivity index (χ3v) is 2.99. The quantitative estimate of drug-likeness (QED) is 0.864. The van der Waals surface area contributed by atoms with Crippen LogP contribution in [0.2, 0.25) is 5.02 Å². The van der Waals surface area contributed by atoms with Crippen LogP contribution in [0.25, 0.3) is 10.9 Å². The fourth-order valence-electron chi connectivity index (χ4n) is 2.07. The van der Waals surface area contributed by atoms with E-state index in [2.05, 4.69) is 18.8 Å². The minimum absolute atomic E-state index is 0.419. The lowest BCUT2D eigenvalue weighted by Gasteiger charge is -2.14. The monoisotopic (exact) mass is 234 g/mol. The minimum Gasteiger partial charge on any atom is -0.326 e. The van der Waals surface area contributed by atoms with Crippen molar-refractivity contribution in [3.63, 3.8) is 0 Å². The van der Waals surface area contributed by atoms with Gasteiger partial charge in [-0.2, -0.15) is 0 Å². The lowest BCUT2D eigenvalue weighted by molar-refractivity contribution is 0.845. The SMILES string of the molecule is CC(C)c1c(CN)cnc2ccc(Cl)cc12. The molecule has 2 nitrogen and oxygen atoms in total. The van der Waals surface area contributed by atoms with Gasteiger partial charge in [-0.3, -0.25) is 4.98 Å². The summed E-state index contributed by atoms with van der Waals surface area (Å²) in [5.74, 6) is 0.419. The van der Waals surface area contributed by atoms with Crippen molar-refractivity contribution >= 4 is 22.5 Å². The lowest BCUT2D eigenvalue weighted by atomic mass is 9.94. The molecule has 0 aliphatic carbocycles. The lowest BCUT2D eigenvalue weighted by Crippen LogP contribution is -2.04. The van der Waals surface area contributed by atoms with Gasteiger partial charge in [0.1, 0.15) is 0 Å². The zero-order chi connectivity index (χ0) is 11.7. The first-order valence-electron chi connectivity index (χ1n) is 5.40. The maximum atomic E-state index is 6.03. The summed E-state index contributed by atoms with van der Waals surface area (Å²) in [4.78, 5) is 4.40. The highest BCUT2D eigenvalue weighted by Crippen LogP contribution is 2.29. The van der Waals surface area contributed by atoms with Gasteiger partial charge < -0.3 is 5.73 Å². The average Bonchev–Trinajstić information content (AvgIpc) is 2.26. The topological polar surface area (TPSA) is 38.9 Å². The standard InChI is InChI=1S/C13H15ClN2/c1-8(2)13-9(6-15)7-16-12-4-3-10(14)5-11(12)13/h3-5,7-8H,6,15H2,1-2H3. The van der Waals surface area contributed by atoms with Gasteiger partial charge in [-0.1, -0.05) is 25.4 Å². The number of pyridine rings is 1. The fraction of sp³-hybridized carbons (Fsp3) is 0.308. The molecule has 2 rings (SSSR count). The number of nitrogens with two attached hydrogens (primary N) is 1. The van der Waals surface area contributed by atoms with Crippen LogP contribution in [0.4, 0.5) is 0 Å². The molecule has 2 N–H and O–H groups in total. The minimum atomic E-state index is 0.419. The first kappa shape index (κ1) is 11.4. The van der Waals surface area contributed by atoms with E-state index < -0.39 is 0 Å². The Morgan fingerprint density at radius 1 is 1.38 bits per heavy atom. The number of halogens is 1. The Morgan fingerprint density at radius 2 is 2.12 bits per heavy atom. The Balaban J connectivity index is 2.81. The van der Waals surface area contributed by atoms with Gasteiger partial charge in [-0.15, -0.1) is 0 Å². The molecule has 1 aromatic carbocycles. The van der Waals surface area contributed by atoms with Gasteiger partial charge in [0.05, 0.1) is 5.52 Å². The summed E-state index contributed by atoms with van der Waals surface area (Å²) < 4.78 is 0. The van der Waals surface area contributed by atoms with Crippen molar-refractivity contribution in [1.82, 2.24) is 4.98 Å². The molecule has 3 heteroatoms. The van der Waals surface area contributed by atoms with E-state index in [9.17, 15) is 0 Å². The molecule has 1 heterocycles. The van der Waals surface area contributed by atoms with E-state index in [1.165, 1.54) is 5.56 Å². The zero-order valence-electron chi connectivity index (χ0n) is 9.50. The third kappa shape index (κ3) is 1.91. The van der Waals surface area contributed by atoms with Crippen molar-refractivity contribution in [3.05, 3.63) is 40.5 Å². The molecule has 0 saturated heterocycles. The number of rotatable bonds is 2. The molecular weight excluding hydrogens is 220 g/mol. The highest BCUT2D eigenvalue weighted by atomic mass is 35.5. The van der Waals surface area contributed by atoms with Crippen molar-refractivity contribution in [2.45, 2.75) is 26.3 Å². The normalized spacial score (nSPS) is 11.3. The van der Waals surface area contributed by atoms with E-state index in [-0.39, 0.29) is 0 Å². The number of fused-ring (bicyclic) bond motifs is 1. The number of benzene rings is 1. The summed E-state index contributed by atoms with van der Waals surface area (Å²) in [6.07, 6.45) is 1.87. The van der Waals surface area contributed by atoms with Gasteiger partial charge in [0.2, 0.25) is 0 Å². The molecule has 1 aromatic heterocycles. The van der Waals surface area contributed by atoms with Crippen LogP contribution in [-0.4, -0.2) is 4.98 Å². The maximum absolute atomic E-state index is 6.03. The molecule has 0 fully saturated rings. The van der Waals surface area contributed by atoms with Crippen LogP contribution in [0.1, 0.15) is 30.9 Å². The second-order valence-corrected chi connectivity index (χ2v) is 4.65. The molecule has 0 bridgehead atoms. The van der Waals surface area contributed by atoms with Gasteiger partial charge in [-0.05, 0) is 35.2 Å². The van der Waals surface area contributed by atoms with Crippen LogP contribution in [-0.2, 0) is 6.54 Å². The Kier molecular flexibility index (Phi) is 3.13. The summed E-state index contributed by atoms with van der Waals surface area (Å²) in [6.45, 7) is 4.84. The molecule has 2 aromatic rings. The summed E-state index contributed by atoms with van der Waals surface area (Å²) >= 11 is 6.03. The molecule has 0 radical (unpaired) electrons. The molecule has 0 aliphatic heterocycles. The molecule has 0 amide bonds. The van der Waals surface area contributed by atoms with Gasteiger partial charge >= 0.3 is 0 Å². The van der Waals surface area contributed by atoms with E-state index in [1.807, 2.05) is 24.4 Å². The Labute approximate surface area is 100 Å². The van der Waals surface area contributed by atoms with Crippen molar-refractivity contribution in [3.8, 4) is 0 Å². The van der Waals surface area contributed by atoms with E-state index in [0.29, 0.717) is 12.5 Å². The van der Waals surface area contributed by atoms with Crippen LogP contribution in [0.3, 0.4) is 0 Å². The smallest absolute Gasteiger partial charge is 0.0706 e. The van der Waals surface area contributed by atoms with E-state index in [0.717, 1.165) is 21.5 Å². The first-order chi connectivity index (χ1) is 7.63. The predicted octanol–water partition coefficient (Wildman–Crippen LogP) is 3.47. The van der Waals surface area contributed by atoms with Gasteiger partial charge in [-0.25, -0.2) is 0 Å². The molecule has 0 saturated carbocycles. The van der Waals surface area contributed by atoms with Crippen LogP contribution < -0.4 is 5.73 Å². The number of nitrogens with zero attached hydrogens (tertiary/aromatic N) is 1. The van der Waals surface area contributed by atoms with Gasteiger partial charge in [0.25, 0.3) is 0 Å². The van der Waals surface area contributed by atoms with E-state index in [1.54, 1.807) is 0 Å². The molecule has 0 atom stereocenters. The molecular formula is C13H15ClN2. The zero-order valence-corrected chi connectivity index (χ0v) is 10.3. The molecule has 0 aliphatic rings. The largest absolute Gasteiger partial charge is 0.326 e. The van der Waals surface area contributed by atoms with Crippen LogP contribution in [0.5, 0.6) is 0 Å². The molecule has 84 valence electrons. The summed E-state index contributed by atoms with van der Waals surface area (Å²) in [5, 5.41) is 1.86. The van der Waals surface area contributed by atoms with Crippen LogP contribution >= 0.6 is 11.6 Å². The van der Waals surface area contributed by atoms with Crippen molar-refractivity contribution in [1.29, 1.82) is 0 Å². The number of hydrogen-bond donors (Lipinski definition) is 1. The van der Waals surface area contributed by atoms with Crippen molar-refractivity contribution in [2.24, 2.45) is 5.73 Å². The predicted molar refractivity (Wildman–Crippen MR) is 68.7 cm³/mol. The van der Waals surface area contributed by atoms with Crippen LogP contribution in [0.15, 0.2) is 24.4 Å². The number of hydrogen-bond acceptors (Lipinski definition) is 2. The molecule has 0 spiro atoms. The van der Waals surface area contributed by atoms with E-state index >= 15 is 0 Å². The van der Waals surface area contributed by atoms with E-state index in [4.69, 9.17) is 17.3 Å². The van der Waals surface area contributed by atoms with Crippen LogP contribution in [0, 0.1) is 0 Å². The summed E-state index contributed by atoms with van der Waals surface area (Å²) in [7, 11) is 0. The second kappa shape index (κ2) is 4.40. The summed E-state index contributed by atoms with van der Waals surface area (Å²) in [5.41, 5.74) is 9.08. The maximum Gasteiger partial charge on any atom is 0.0706 e. The second-order valence-electron chi connectivity index (χ2n) is 4.22. The first-order valence-corrected chi connectivity index (χ1v) is 5.78. The van der Waals surface area contributed by atoms with Crippen molar-refractivity contribution < 1.29 is 0 Å². The molecule has 0 unspecified atom stereocenters. The molecule has 16 heavy (non-hydrogen) atoms. The Bertz CT molecular complexity index is 521. The fourth-order valence-corrected chi connectivity index (χ4v) is 2.24. The highest BCUT2D eigenvalue weighted by Gasteiger charge is 2.11. The van der Waals surface area contributed by atoms with Gasteiger partial charge in [0, 0.05) is 23.2 Å². The Morgan fingerprint density at radius 3 is 2.75 bits per heavy atom.